The highest BCUT2D eigenvalue weighted by atomic mass is 15.2. The Morgan fingerprint density at radius 3 is 2.81 bits per heavy atom. The second-order valence-corrected chi connectivity index (χ2v) is 5.47. The van der Waals surface area contributed by atoms with Crippen LogP contribution in [0.25, 0.3) is 0 Å². The Hall–Kier alpha value is -0.120. The minimum Gasteiger partial charge on any atom is -0.314 e. The third-order valence-corrected chi connectivity index (χ3v) is 3.58. The molecule has 0 aliphatic carbocycles. The molecule has 1 heterocycles. The number of rotatable bonds is 4. The van der Waals surface area contributed by atoms with E-state index in [-0.39, 0.29) is 0 Å². The van der Waals surface area contributed by atoms with Crippen molar-refractivity contribution in [1.29, 1.82) is 0 Å². The fourth-order valence-electron chi connectivity index (χ4n) is 2.27. The smallest absolute Gasteiger partial charge is 0.00791 e. The van der Waals surface area contributed by atoms with Gasteiger partial charge in [0.15, 0.2) is 0 Å². The van der Waals surface area contributed by atoms with Gasteiger partial charge in [0.2, 0.25) is 0 Å². The molecule has 0 aromatic rings. The largest absolute Gasteiger partial charge is 0.314 e. The first-order chi connectivity index (χ1) is 7.59. The van der Waals surface area contributed by atoms with Crippen molar-refractivity contribution >= 4 is 0 Å². The van der Waals surface area contributed by atoms with Crippen molar-refractivity contribution in [3.63, 3.8) is 0 Å². The summed E-state index contributed by atoms with van der Waals surface area (Å²) in [6.45, 7) is 9.57. The second kappa shape index (κ2) is 7.25. The summed E-state index contributed by atoms with van der Waals surface area (Å²) in [6, 6.07) is 1.41. The van der Waals surface area contributed by atoms with Crippen molar-refractivity contribution in [3.8, 4) is 0 Å². The van der Waals surface area contributed by atoms with Crippen LogP contribution in [-0.2, 0) is 0 Å². The molecule has 1 N–H and O–H groups in total. The van der Waals surface area contributed by atoms with Gasteiger partial charge in [-0.1, -0.05) is 0 Å². The van der Waals surface area contributed by atoms with E-state index in [0.717, 1.165) is 6.04 Å². The molecular weight excluding hydrogens is 198 g/mol. The van der Waals surface area contributed by atoms with Crippen molar-refractivity contribution in [2.24, 2.45) is 0 Å². The fourth-order valence-corrected chi connectivity index (χ4v) is 2.27. The van der Waals surface area contributed by atoms with E-state index in [1.165, 1.54) is 45.4 Å². The molecule has 1 aliphatic heterocycles. The highest BCUT2D eigenvalue weighted by Crippen LogP contribution is 2.09. The summed E-state index contributed by atoms with van der Waals surface area (Å²) in [5, 5.41) is 3.56. The molecule has 1 fully saturated rings. The maximum atomic E-state index is 3.56. The predicted octanol–water partition coefficient (Wildman–Crippen LogP) is 1.40. The standard InChI is InChI=1S/C13H29N3/c1-12-6-11-16(9-5-8-14-12)13(2)7-10-15(3)4/h12-14H,5-11H2,1-4H3. The Kier molecular flexibility index (Phi) is 6.32. The maximum Gasteiger partial charge on any atom is 0.00791 e. The number of nitrogens with zero attached hydrogens (tertiary/aromatic N) is 2. The average Bonchev–Trinajstić information content (AvgIpc) is 2.21. The van der Waals surface area contributed by atoms with Crippen LogP contribution in [0.4, 0.5) is 0 Å². The monoisotopic (exact) mass is 227 g/mol. The zero-order chi connectivity index (χ0) is 12.0. The molecule has 2 atom stereocenters. The summed E-state index contributed by atoms with van der Waals surface area (Å²) >= 11 is 0. The van der Waals surface area contributed by atoms with Gasteiger partial charge in [-0.05, 0) is 73.4 Å². The van der Waals surface area contributed by atoms with Crippen molar-refractivity contribution in [1.82, 2.24) is 15.1 Å². The molecule has 2 unspecified atom stereocenters. The van der Waals surface area contributed by atoms with E-state index >= 15 is 0 Å². The van der Waals surface area contributed by atoms with E-state index in [1.807, 2.05) is 0 Å². The number of nitrogens with one attached hydrogen (secondary N) is 1. The molecule has 0 aromatic carbocycles. The summed E-state index contributed by atoms with van der Waals surface area (Å²) < 4.78 is 0. The van der Waals surface area contributed by atoms with Crippen LogP contribution in [0.2, 0.25) is 0 Å². The number of hydrogen-bond donors (Lipinski definition) is 1. The zero-order valence-corrected chi connectivity index (χ0v) is 11.5. The van der Waals surface area contributed by atoms with E-state index in [9.17, 15) is 0 Å². The lowest BCUT2D eigenvalue weighted by Gasteiger charge is -2.33. The molecule has 0 spiro atoms. The summed E-state index contributed by atoms with van der Waals surface area (Å²) in [5.41, 5.74) is 0. The Labute approximate surface area is 101 Å². The maximum absolute atomic E-state index is 3.56. The Bertz CT molecular complexity index is 182. The first-order valence-electron chi connectivity index (χ1n) is 6.71. The molecule has 1 saturated heterocycles. The Morgan fingerprint density at radius 1 is 1.38 bits per heavy atom. The summed E-state index contributed by atoms with van der Waals surface area (Å²) in [4.78, 5) is 4.95. The molecule has 96 valence electrons. The Balaban J connectivity index is 2.31. The van der Waals surface area contributed by atoms with Gasteiger partial charge < -0.3 is 15.1 Å². The van der Waals surface area contributed by atoms with Crippen molar-refractivity contribution in [2.45, 2.75) is 45.2 Å². The van der Waals surface area contributed by atoms with Gasteiger partial charge in [0.25, 0.3) is 0 Å². The van der Waals surface area contributed by atoms with Crippen molar-refractivity contribution in [2.75, 3.05) is 40.3 Å². The second-order valence-electron chi connectivity index (χ2n) is 5.47. The summed E-state index contributed by atoms with van der Waals surface area (Å²) in [6.07, 6.45) is 3.86. The minimum atomic E-state index is 0.684. The molecule has 0 bridgehead atoms. The van der Waals surface area contributed by atoms with Crippen LogP contribution in [0.15, 0.2) is 0 Å². The molecule has 16 heavy (non-hydrogen) atoms. The molecule has 0 aromatic heterocycles. The fraction of sp³-hybridized carbons (Fsp3) is 1.00. The SMILES string of the molecule is CC1CCN(C(C)CCN(C)C)CCCN1. The third kappa shape index (κ3) is 5.28. The van der Waals surface area contributed by atoms with Crippen molar-refractivity contribution in [3.05, 3.63) is 0 Å². The van der Waals surface area contributed by atoms with Gasteiger partial charge in [0.05, 0.1) is 0 Å². The van der Waals surface area contributed by atoms with Gasteiger partial charge in [-0.3, -0.25) is 0 Å². The van der Waals surface area contributed by atoms with Crippen LogP contribution < -0.4 is 5.32 Å². The van der Waals surface area contributed by atoms with Crippen molar-refractivity contribution < 1.29 is 0 Å². The van der Waals surface area contributed by atoms with Crippen LogP contribution in [0, 0.1) is 0 Å². The molecule has 0 saturated carbocycles. The third-order valence-electron chi connectivity index (χ3n) is 3.58. The first kappa shape index (κ1) is 13.9. The molecule has 1 rings (SSSR count). The topological polar surface area (TPSA) is 18.5 Å². The van der Waals surface area contributed by atoms with E-state index in [2.05, 4.69) is 43.1 Å². The molecule has 0 amide bonds. The quantitative estimate of drug-likeness (QED) is 0.783. The predicted molar refractivity (Wildman–Crippen MR) is 70.9 cm³/mol. The van der Waals surface area contributed by atoms with Gasteiger partial charge in [-0.15, -0.1) is 0 Å². The van der Waals surface area contributed by atoms with Crippen LogP contribution in [0.3, 0.4) is 0 Å². The van der Waals surface area contributed by atoms with Crippen LogP contribution in [0.5, 0.6) is 0 Å². The Morgan fingerprint density at radius 2 is 2.12 bits per heavy atom. The van der Waals surface area contributed by atoms with Gasteiger partial charge in [-0.25, -0.2) is 0 Å². The molecule has 0 radical (unpaired) electrons. The van der Waals surface area contributed by atoms with E-state index in [1.54, 1.807) is 0 Å². The van der Waals surface area contributed by atoms with Crippen LogP contribution in [0.1, 0.15) is 33.1 Å². The minimum absolute atomic E-state index is 0.684. The lowest BCUT2D eigenvalue weighted by molar-refractivity contribution is 0.167. The molecule has 3 heteroatoms. The highest BCUT2D eigenvalue weighted by Gasteiger charge is 2.16. The molecular formula is C13H29N3. The number of hydrogen-bond acceptors (Lipinski definition) is 3. The van der Waals surface area contributed by atoms with Gasteiger partial charge >= 0.3 is 0 Å². The van der Waals surface area contributed by atoms with E-state index < -0.39 is 0 Å². The van der Waals surface area contributed by atoms with Crippen LogP contribution in [-0.4, -0.2) is 62.2 Å². The normalized spacial score (nSPS) is 26.4. The van der Waals surface area contributed by atoms with E-state index in [0.29, 0.717) is 6.04 Å². The van der Waals surface area contributed by atoms with E-state index in [4.69, 9.17) is 0 Å². The first-order valence-corrected chi connectivity index (χ1v) is 6.71. The van der Waals surface area contributed by atoms with Gasteiger partial charge in [-0.2, -0.15) is 0 Å². The lowest BCUT2D eigenvalue weighted by Crippen LogP contribution is -2.43. The summed E-state index contributed by atoms with van der Waals surface area (Å²) in [5.74, 6) is 0. The zero-order valence-electron chi connectivity index (χ0n) is 11.5. The summed E-state index contributed by atoms with van der Waals surface area (Å²) in [7, 11) is 4.32. The average molecular weight is 227 g/mol. The van der Waals surface area contributed by atoms with Gasteiger partial charge in [0.1, 0.15) is 0 Å². The van der Waals surface area contributed by atoms with Gasteiger partial charge in [0, 0.05) is 12.1 Å². The highest BCUT2D eigenvalue weighted by molar-refractivity contribution is 4.74. The van der Waals surface area contributed by atoms with Crippen LogP contribution >= 0.6 is 0 Å². The molecule has 1 aliphatic rings. The molecule has 3 nitrogen and oxygen atoms in total. The lowest BCUT2D eigenvalue weighted by atomic mass is 10.1.